The summed E-state index contributed by atoms with van der Waals surface area (Å²) in [5, 5.41) is 20.1. The van der Waals surface area contributed by atoms with Crippen molar-refractivity contribution in [3.05, 3.63) is 114 Å². The summed E-state index contributed by atoms with van der Waals surface area (Å²) in [5.74, 6) is 0.0626. The average Bonchev–Trinajstić information content (AvgIpc) is 2.89. The van der Waals surface area contributed by atoms with Crippen molar-refractivity contribution in [2.45, 2.75) is 24.3 Å². The van der Waals surface area contributed by atoms with Gasteiger partial charge in [-0.3, -0.25) is 9.78 Å². The SMILES string of the molecule is Cc1cc(O)ccc1[C@@H]1[C@@H](SC[C@H](O)c2ccc(F)cc2)C(=O)N1c1ccc(-c2cccnc2)cc1. The summed E-state index contributed by atoms with van der Waals surface area (Å²) in [4.78, 5) is 19.3. The number of thioether (sulfide) groups is 1. The van der Waals surface area contributed by atoms with Gasteiger partial charge in [0.2, 0.25) is 5.91 Å². The van der Waals surface area contributed by atoms with Crippen LogP contribution in [0.2, 0.25) is 0 Å². The molecule has 182 valence electrons. The Hall–Kier alpha value is -3.68. The maximum absolute atomic E-state index is 13.4. The Bertz CT molecular complexity index is 1360. The molecule has 0 aliphatic carbocycles. The molecule has 2 N–H and O–H groups in total. The molecule has 1 aromatic heterocycles. The fraction of sp³-hybridized carbons (Fsp3) is 0.172. The number of pyridine rings is 1. The normalized spacial score (nSPS) is 18.1. The summed E-state index contributed by atoms with van der Waals surface area (Å²) in [5.41, 5.74) is 5.21. The highest BCUT2D eigenvalue weighted by Gasteiger charge is 2.49. The van der Waals surface area contributed by atoms with E-state index in [1.807, 2.05) is 49.4 Å². The lowest BCUT2D eigenvalue weighted by atomic mass is 9.89. The summed E-state index contributed by atoms with van der Waals surface area (Å²) < 4.78 is 13.3. The highest BCUT2D eigenvalue weighted by atomic mass is 32.2. The maximum Gasteiger partial charge on any atom is 0.243 e. The number of phenolic OH excluding ortho intramolecular Hbond substituents is 1. The summed E-state index contributed by atoms with van der Waals surface area (Å²) >= 11 is 1.39. The van der Waals surface area contributed by atoms with Gasteiger partial charge in [-0.05, 0) is 77.2 Å². The fourth-order valence-corrected chi connectivity index (χ4v) is 5.82. The van der Waals surface area contributed by atoms with Gasteiger partial charge in [-0.2, -0.15) is 0 Å². The van der Waals surface area contributed by atoms with Crippen LogP contribution in [0, 0.1) is 12.7 Å². The molecule has 2 heterocycles. The number of aliphatic hydroxyl groups is 1. The Kier molecular flexibility index (Phi) is 6.76. The largest absolute Gasteiger partial charge is 0.508 e. The summed E-state index contributed by atoms with van der Waals surface area (Å²) in [7, 11) is 0. The van der Waals surface area contributed by atoms with Gasteiger partial charge in [0.25, 0.3) is 0 Å². The smallest absolute Gasteiger partial charge is 0.243 e. The van der Waals surface area contributed by atoms with E-state index in [1.165, 1.54) is 23.9 Å². The molecule has 5 rings (SSSR count). The predicted octanol–water partition coefficient (Wildman–Crippen LogP) is 5.83. The fourth-order valence-electron chi connectivity index (χ4n) is 4.53. The number of hydrogen-bond acceptors (Lipinski definition) is 5. The quantitative estimate of drug-likeness (QED) is 0.313. The van der Waals surface area contributed by atoms with Gasteiger partial charge in [-0.15, -0.1) is 11.8 Å². The minimum absolute atomic E-state index is 0.0436. The van der Waals surface area contributed by atoms with Crippen molar-refractivity contribution < 1.29 is 19.4 Å². The van der Waals surface area contributed by atoms with Crippen LogP contribution < -0.4 is 4.90 Å². The van der Waals surface area contributed by atoms with Gasteiger partial charge in [0.15, 0.2) is 0 Å². The first-order valence-corrected chi connectivity index (χ1v) is 12.7. The van der Waals surface area contributed by atoms with Crippen LogP contribution in [0.4, 0.5) is 10.1 Å². The van der Waals surface area contributed by atoms with E-state index in [0.29, 0.717) is 11.3 Å². The number of aliphatic hydroxyl groups excluding tert-OH is 1. The van der Waals surface area contributed by atoms with Crippen LogP contribution in [-0.2, 0) is 4.79 Å². The summed E-state index contributed by atoms with van der Waals surface area (Å²) in [6.07, 6.45) is 2.70. The molecule has 3 atom stereocenters. The van der Waals surface area contributed by atoms with E-state index in [9.17, 15) is 19.4 Å². The highest BCUT2D eigenvalue weighted by Crippen LogP contribution is 2.47. The number of hydrogen-bond donors (Lipinski definition) is 2. The topological polar surface area (TPSA) is 73.7 Å². The first kappa shape index (κ1) is 24.0. The Labute approximate surface area is 213 Å². The van der Waals surface area contributed by atoms with Gasteiger partial charge in [0, 0.05) is 23.8 Å². The first-order chi connectivity index (χ1) is 17.4. The van der Waals surface area contributed by atoms with Crippen molar-refractivity contribution in [2.24, 2.45) is 0 Å². The zero-order chi connectivity index (χ0) is 25.2. The molecule has 5 nitrogen and oxygen atoms in total. The van der Waals surface area contributed by atoms with Gasteiger partial charge in [0.05, 0.1) is 12.1 Å². The van der Waals surface area contributed by atoms with Crippen LogP contribution in [0.1, 0.15) is 28.8 Å². The number of β-lactam (4-membered cyclic amide) rings is 1. The second-order valence-electron chi connectivity index (χ2n) is 8.80. The number of amides is 1. The third-order valence-electron chi connectivity index (χ3n) is 6.45. The van der Waals surface area contributed by atoms with Crippen molar-refractivity contribution in [3.63, 3.8) is 0 Å². The van der Waals surface area contributed by atoms with Crippen LogP contribution in [0.15, 0.2) is 91.3 Å². The van der Waals surface area contributed by atoms with E-state index >= 15 is 0 Å². The number of aromatic hydroxyl groups is 1. The van der Waals surface area contributed by atoms with E-state index in [0.717, 1.165) is 27.9 Å². The molecule has 1 saturated heterocycles. The van der Waals surface area contributed by atoms with Gasteiger partial charge in [-0.1, -0.05) is 36.4 Å². The zero-order valence-corrected chi connectivity index (χ0v) is 20.4. The van der Waals surface area contributed by atoms with E-state index < -0.39 is 11.4 Å². The second kappa shape index (κ2) is 10.1. The van der Waals surface area contributed by atoms with Gasteiger partial charge < -0.3 is 15.1 Å². The summed E-state index contributed by atoms with van der Waals surface area (Å²) in [6.45, 7) is 1.91. The van der Waals surface area contributed by atoms with Crippen LogP contribution in [0.5, 0.6) is 5.75 Å². The van der Waals surface area contributed by atoms with Crippen LogP contribution in [-0.4, -0.2) is 32.1 Å². The summed E-state index contributed by atoms with van der Waals surface area (Å²) in [6, 6.07) is 22.3. The van der Waals surface area contributed by atoms with Crippen molar-refractivity contribution in [1.29, 1.82) is 0 Å². The Morgan fingerprint density at radius 3 is 2.44 bits per heavy atom. The Morgan fingerprint density at radius 2 is 1.78 bits per heavy atom. The third kappa shape index (κ3) is 4.72. The number of aromatic nitrogens is 1. The average molecular weight is 501 g/mol. The Balaban J connectivity index is 1.40. The molecule has 4 aromatic rings. The number of carbonyl (C=O) groups excluding carboxylic acids is 1. The number of nitrogens with zero attached hydrogens (tertiary/aromatic N) is 2. The van der Waals surface area contributed by atoms with Gasteiger partial charge >= 0.3 is 0 Å². The molecule has 7 heteroatoms. The number of anilines is 1. The highest BCUT2D eigenvalue weighted by molar-refractivity contribution is 8.00. The molecule has 36 heavy (non-hydrogen) atoms. The van der Waals surface area contributed by atoms with Crippen LogP contribution in [0.3, 0.4) is 0 Å². The third-order valence-corrected chi connectivity index (χ3v) is 7.77. The molecular formula is C29H25FN2O3S. The number of aryl methyl sites for hydroxylation is 1. The molecule has 1 aliphatic rings. The monoisotopic (exact) mass is 500 g/mol. The lowest BCUT2D eigenvalue weighted by molar-refractivity contribution is -0.123. The molecular weight excluding hydrogens is 475 g/mol. The number of halogens is 1. The van der Waals surface area contributed by atoms with E-state index in [4.69, 9.17) is 0 Å². The van der Waals surface area contributed by atoms with Gasteiger partial charge in [-0.25, -0.2) is 4.39 Å². The molecule has 1 aliphatic heterocycles. The van der Waals surface area contributed by atoms with E-state index in [-0.39, 0.29) is 23.5 Å². The number of benzene rings is 3. The first-order valence-electron chi connectivity index (χ1n) is 11.6. The molecule has 3 aromatic carbocycles. The molecule has 0 saturated carbocycles. The predicted molar refractivity (Wildman–Crippen MR) is 140 cm³/mol. The second-order valence-corrected chi connectivity index (χ2v) is 9.98. The number of carbonyl (C=O) groups is 1. The standard InChI is InChI=1S/C29H25FN2O3S/c1-18-15-24(33)12-13-25(18)27-28(36-17-26(34)20-4-8-22(30)9-5-20)29(35)32(27)23-10-6-19(7-11-23)21-3-2-14-31-16-21/h2-16,26-28,33-34H,17H2,1H3/t26-,27+,28+/m0/s1. The van der Waals surface area contributed by atoms with Crippen molar-refractivity contribution >= 4 is 23.4 Å². The van der Waals surface area contributed by atoms with Crippen molar-refractivity contribution in [3.8, 4) is 16.9 Å². The van der Waals surface area contributed by atoms with Crippen LogP contribution in [0.25, 0.3) is 11.1 Å². The molecule has 0 spiro atoms. The molecule has 0 unspecified atom stereocenters. The van der Waals surface area contributed by atoms with Crippen molar-refractivity contribution in [2.75, 3.05) is 10.7 Å². The molecule has 0 radical (unpaired) electrons. The lowest BCUT2D eigenvalue weighted by Crippen LogP contribution is -2.58. The molecule has 1 fully saturated rings. The lowest BCUT2D eigenvalue weighted by Gasteiger charge is -2.47. The van der Waals surface area contributed by atoms with Crippen molar-refractivity contribution in [1.82, 2.24) is 4.98 Å². The van der Waals surface area contributed by atoms with E-state index in [2.05, 4.69) is 4.98 Å². The van der Waals surface area contributed by atoms with Crippen LogP contribution >= 0.6 is 11.8 Å². The van der Waals surface area contributed by atoms with E-state index in [1.54, 1.807) is 41.6 Å². The number of rotatable bonds is 7. The maximum atomic E-state index is 13.4. The minimum atomic E-state index is -0.821. The minimum Gasteiger partial charge on any atom is -0.508 e. The molecule has 1 amide bonds. The number of phenols is 1. The Morgan fingerprint density at radius 1 is 1.03 bits per heavy atom. The zero-order valence-electron chi connectivity index (χ0n) is 19.6. The molecule has 0 bridgehead atoms. The van der Waals surface area contributed by atoms with Gasteiger partial charge in [0.1, 0.15) is 16.8 Å².